The van der Waals surface area contributed by atoms with Crippen LogP contribution in [0.15, 0.2) is 12.1 Å². The fraction of sp³-hybridized carbons (Fsp3) is 0.500. The molecule has 122 valence electrons. The van der Waals surface area contributed by atoms with Crippen LogP contribution in [0.25, 0.3) is 0 Å². The fourth-order valence-electron chi connectivity index (χ4n) is 2.64. The number of carbonyl (C=O) groups is 1. The van der Waals surface area contributed by atoms with Crippen molar-refractivity contribution >= 4 is 24.0 Å². The van der Waals surface area contributed by atoms with Crippen molar-refractivity contribution in [2.24, 2.45) is 0 Å². The van der Waals surface area contributed by atoms with E-state index in [-0.39, 0.29) is 41.3 Å². The van der Waals surface area contributed by atoms with Gasteiger partial charge in [0.05, 0.1) is 4.92 Å². The number of piperidine rings is 1. The summed E-state index contributed by atoms with van der Waals surface area (Å²) in [4.78, 5) is 22.7. The molecule has 2 N–H and O–H groups in total. The number of nitrogens with one attached hydrogen (secondary N) is 2. The molecule has 6 nitrogen and oxygen atoms in total. The van der Waals surface area contributed by atoms with Crippen LogP contribution in [0.3, 0.4) is 0 Å². The third-order valence-corrected chi connectivity index (χ3v) is 3.77. The summed E-state index contributed by atoms with van der Waals surface area (Å²) in [5.74, 6) is -1.26. The van der Waals surface area contributed by atoms with Crippen molar-refractivity contribution in [3.05, 3.63) is 39.2 Å². The topological polar surface area (TPSA) is 84.3 Å². The molecule has 2 atom stereocenters. The minimum atomic E-state index is -0.655. The molecule has 1 aliphatic rings. The Morgan fingerprint density at radius 3 is 2.77 bits per heavy atom. The average molecular weight is 332 g/mol. The van der Waals surface area contributed by atoms with Crippen LogP contribution in [0.4, 0.5) is 10.1 Å². The Hall–Kier alpha value is -1.73. The van der Waals surface area contributed by atoms with Gasteiger partial charge in [0.25, 0.3) is 11.6 Å². The molecule has 2 rings (SSSR count). The Labute approximate surface area is 134 Å². The molecule has 2 unspecified atom stereocenters. The largest absolute Gasteiger partial charge is 0.348 e. The maximum atomic E-state index is 13.5. The molecular weight excluding hydrogens is 313 g/mol. The number of benzene rings is 1. The van der Waals surface area contributed by atoms with E-state index < -0.39 is 16.6 Å². The van der Waals surface area contributed by atoms with Crippen LogP contribution >= 0.6 is 12.4 Å². The van der Waals surface area contributed by atoms with Gasteiger partial charge in [-0.25, -0.2) is 4.39 Å². The summed E-state index contributed by atoms with van der Waals surface area (Å²) in [5.41, 5.74) is -0.430. The molecule has 0 radical (unpaired) electrons. The van der Waals surface area contributed by atoms with Gasteiger partial charge in [-0.2, -0.15) is 0 Å². The maximum absolute atomic E-state index is 13.5. The SMILES string of the molecule is Cc1cc(F)cc(C(=O)NC2CCCNC2C)c1[N+](=O)[O-].Cl. The molecule has 0 bridgehead atoms. The minimum Gasteiger partial charge on any atom is -0.348 e. The predicted octanol–water partition coefficient (Wildman–Crippen LogP) is 2.33. The van der Waals surface area contributed by atoms with Gasteiger partial charge < -0.3 is 10.6 Å². The highest BCUT2D eigenvalue weighted by atomic mass is 35.5. The maximum Gasteiger partial charge on any atom is 0.285 e. The van der Waals surface area contributed by atoms with E-state index in [1.165, 1.54) is 6.92 Å². The lowest BCUT2D eigenvalue weighted by molar-refractivity contribution is -0.385. The van der Waals surface area contributed by atoms with Gasteiger partial charge in [-0.1, -0.05) is 0 Å². The van der Waals surface area contributed by atoms with Crippen molar-refractivity contribution in [2.45, 2.75) is 38.8 Å². The summed E-state index contributed by atoms with van der Waals surface area (Å²) >= 11 is 0. The second-order valence-corrected chi connectivity index (χ2v) is 5.34. The molecule has 0 saturated carbocycles. The van der Waals surface area contributed by atoms with E-state index in [0.717, 1.165) is 31.5 Å². The fourth-order valence-corrected chi connectivity index (χ4v) is 2.64. The van der Waals surface area contributed by atoms with E-state index in [4.69, 9.17) is 0 Å². The van der Waals surface area contributed by atoms with Crippen LogP contribution in [0.5, 0.6) is 0 Å². The number of amides is 1. The Morgan fingerprint density at radius 2 is 2.18 bits per heavy atom. The van der Waals surface area contributed by atoms with E-state index in [0.29, 0.717) is 0 Å². The standard InChI is InChI=1S/C14H18FN3O3.ClH/c1-8-6-10(15)7-11(13(8)18(20)21)14(19)17-12-4-3-5-16-9(12)2;/h6-7,9,12,16H,3-5H2,1-2H3,(H,17,19);1H. The van der Waals surface area contributed by atoms with Crippen LogP contribution < -0.4 is 10.6 Å². The molecular formula is C14H19ClFN3O3. The highest BCUT2D eigenvalue weighted by Crippen LogP contribution is 2.25. The number of aryl methyl sites for hydroxylation is 1. The van der Waals surface area contributed by atoms with Gasteiger partial charge in [0.2, 0.25) is 0 Å². The van der Waals surface area contributed by atoms with Crippen molar-refractivity contribution in [2.75, 3.05) is 6.54 Å². The van der Waals surface area contributed by atoms with E-state index in [9.17, 15) is 19.3 Å². The van der Waals surface area contributed by atoms with Crippen LogP contribution in [-0.4, -0.2) is 29.5 Å². The summed E-state index contributed by atoms with van der Waals surface area (Å²) < 4.78 is 13.5. The number of nitro groups is 1. The van der Waals surface area contributed by atoms with Crippen molar-refractivity contribution in [1.29, 1.82) is 0 Å². The first-order valence-corrected chi connectivity index (χ1v) is 6.89. The zero-order chi connectivity index (χ0) is 15.6. The first-order valence-electron chi connectivity index (χ1n) is 6.89. The zero-order valence-electron chi connectivity index (χ0n) is 12.4. The highest BCUT2D eigenvalue weighted by Gasteiger charge is 2.28. The number of hydrogen-bond donors (Lipinski definition) is 2. The summed E-state index contributed by atoms with van der Waals surface area (Å²) in [6.07, 6.45) is 1.71. The number of hydrogen-bond acceptors (Lipinski definition) is 4. The van der Waals surface area contributed by atoms with E-state index >= 15 is 0 Å². The summed E-state index contributed by atoms with van der Waals surface area (Å²) in [5, 5.41) is 17.1. The number of nitro benzene ring substituents is 1. The number of carbonyl (C=O) groups excluding carboxylic acids is 1. The van der Waals surface area contributed by atoms with Crippen LogP contribution in [0, 0.1) is 22.9 Å². The summed E-state index contributed by atoms with van der Waals surface area (Å²) in [6, 6.07) is 1.94. The third kappa shape index (κ3) is 3.92. The van der Waals surface area contributed by atoms with Gasteiger partial charge in [-0.05, 0) is 45.4 Å². The normalized spacial score (nSPS) is 20.9. The Kier molecular flexibility index (Phi) is 6.25. The van der Waals surface area contributed by atoms with Crippen LogP contribution in [-0.2, 0) is 0 Å². The quantitative estimate of drug-likeness (QED) is 0.657. The Bertz CT molecular complexity index is 583. The zero-order valence-corrected chi connectivity index (χ0v) is 13.2. The molecule has 1 aliphatic heterocycles. The van der Waals surface area contributed by atoms with Gasteiger partial charge in [0, 0.05) is 17.6 Å². The number of rotatable bonds is 3. The molecule has 1 amide bonds. The summed E-state index contributed by atoms with van der Waals surface area (Å²) in [7, 11) is 0. The number of halogens is 2. The molecule has 1 aromatic carbocycles. The van der Waals surface area contributed by atoms with E-state index in [2.05, 4.69) is 10.6 Å². The molecule has 1 saturated heterocycles. The minimum absolute atomic E-state index is 0. The summed E-state index contributed by atoms with van der Waals surface area (Å²) in [6.45, 7) is 4.24. The van der Waals surface area contributed by atoms with E-state index in [1.54, 1.807) is 0 Å². The van der Waals surface area contributed by atoms with Crippen LogP contribution in [0.2, 0.25) is 0 Å². The lowest BCUT2D eigenvalue weighted by Crippen LogP contribution is -2.52. The van der Waals surface area contributed by atoms with Gasteiger partial charge in [0.1, 0.15) is 11.4 Å². The molecule has 1 heterocycles. The molecule has 1 fully saturated rings. The molecule has 0 aromatic heterocycles. The second kappa shape index (κ2) is 7.51. The van der Waals surface area contributed by atoms with Crippen molar-refractivity contribution in [3.63, 3.8) is 0 Å². The van der Waals surface area contributed by atoms with Gasteiger partial charge >= 0.3 is 0 Å². The molecule has 0 aliphatic carbocycles. The molecule has 8 heteroatoms. The van der Waals surface area contributed by atoms with Gasteiger partial charge in [-0.3, -0.25) is 14.9 Å². The van der Waals surface area contributed by atoms with Crippen molar-refractivity contribution in [3.8, 4) is 0 Å². The first-order chi connectivity index (χ1) is 9.90. The monoisotopic (exact) mass is 331 g/mol. The lowest BCUT2D eigenvalue weighted by Gasteiger charge is -2.30. The third-order valence-electron chi connectivity index (χ3n) is 3.77. The Morgan fingerprint density at radius 1 is 1.50 bits per heavy atom. The number of nitrogens with zero attached hydrogens (tertiary/aromatic N) is 1. The van der Waals surface area contributed by atoms with Crippen molar-refractivity contribution in [1.82, 2.24) is 10.6 Å². The molecule has 22 heavy (non-hydrogen) atoms. The highest BCUT2D eigenvalue weighted by molar-refractivity contribution is 5.98. The first kappa shape index (κ1) is 18.3. The Balaban J connectivity index is 0.00000242. The van der Waals surface area contributed by atoms with Crippen molar-refractivity contribution < 1.29 is 14.1 Å². The van der Waals surface area contributed by atoms with Gasteiger partial charge in [-0.15, -0.1) is 12.4 Å². The second-order valence-electron chi connectivity index (χ2n) is 5.34. The molecule has 0 spiro atoms. The van der Waals surface area contributed by atoms with E-state index in [1.807, 2.05) is 6.92 Å². The van der Waals surface area contributed by atoms with Gasteiger partial charge in [0.15, 0.2) is 0 Å². The molecule has 1 aromatic rings. The van der Waals surface area contributed by atoms with Crippen LogP contribution in [0.1, 0.15) is 35.7 Å². The average Bonchev–Trinajstić information content (AvgIpc) is 2.39. The smallest absolute Gasteiger partial charge is 0.285 e. The predicted molar refractivity (Wildman–Crippen MR) is 83.0 cm³/mol. The lowest BCUT2D eigenvalue weighted by atomic mass is 9.99.